The predicted molar refractivity (Wildman–Crippen MR) is 68.2 cm³/mol. The van der Waals surface area contributed by atoms with Crippen molar-refractivity contribution in [1.29, 1.82) is 0 Å². The van der Waals surface area contributed by atoms with Crippen molar-refractivity contribution in [3.05, 3.63) is 30.2 Å². The summed E-state index contributed by atoms with van der Waals surface area (Å²) in [6.45, 7) is -0.287. The maximum Gasteiger partial charge on any atom is 0.151 e. The Hall–Kier alpha value is -1.96. The second-order valence-electron chi connectivity index (χ2n) is 4.54. The zero-order chi connectivity index (χ0) is 13.6. The van der Waals surface area contributed by atoms with Gasteiger partial charge in [0.25, 0.3) is 0 Å². The number of aromatic nitrogens is 3. The fourth-order valence-electron chi connectivity index (χ4n) is 2.43. The Balaban J connectivity index is 2.11. The topological polar surface area (TPSA) is 117 Å². The standard InChI is InChI=1S/C12H14N4O3/c13-12-9-7(1-2-14-12)16(5-15-9)8-3-6(4-17)10(18)11(8)19/h1-3,5,8,10-11,17-19H,4H2,(H2,13,14). The first-order valence-electron chi connectivity index (χ1n) is 5.88. The largest absolute Gasteiger partial charge is 0.392 e. The summed E-state index contributed by atoms with van der Waals surface area (Å²) in [7, 11) is 0. The molecule has 3 rings (SSSR count). The molecule has 0 bridgehead atoms. The van der Waals surface area contributed by atoms with Crippen molar-refractivity contribution in [2.24, 2.45) is 0 Å². The Kier molecular flexibility index (Phi) is 2.74. The molecule has 3 atom stereocenters. The molecule has 2 aromatic rings. The molecule has 7 nitrogen and oxygen atoms in total. The number of nitrogens with zero attached hydrogens (tertiary/aromatic N) is 3. The van der Waals surface area contributed by atoms with Gasteiger partial charge in [-0.3, -0.25) is 0 Å². The molecule has 0 fully saturated rings. The number of rotatable bonds is 2. The Morgan fingerprint density at radius 3 is 2.79 bits per heavy atom. The molecule has 100 valence electrons. The fourth-order valence-corrected chi connectivity index (χ4v) is 2.43. The van der Waals surface area contributed by atoms with E-state index in [1.54, 1.807) is 29.2 Å². The lowest BCUT2D eigenvalue weighted by Gasteiger charge is -2.19. The average Bonchev–Trinajstić information content (AvgIpc) is 2.94. The molecule has 0 saturated heterocycles. The molecule has 1 aliphatic carbocycles. The number of anilines is 1. The minimum Gasteiger partial charge on any atom is -0.392 e. The van der Waals surface area contributed by atoms with E-state index in [4.69, 9.17) is 10.8 Å². The van der Waals surface area contributed by atoms with Gasteiger partial charge in [0, 0.05) is 6.20 Å². The third-order valence-electron chi connectivity index (χ3n) is 3.46. The van der Waals surface area contributed by atoms with Crippen molar-refractivity contribution in [2.75, 3.05) is 12.3 Å². The number of aliphatic hydroxyl groups excluding tert-OH is 3. The summed E-state index contributed by atoms with van der Waals surface area (Å²) in [5.74, 6) is 0.315. The van der Waals surface area contributed by atoms with E-state index in [2.05, 4.69) is 9.97 Å². The number of pyridine rings is 1. The van der Waals surface area contributed by atoms with Crippen LogP contribution >= 0.6 is 0 Å². The first kappa shape index (κ1) is 12.1. The molecule has 19 heavy (non-hydrogen) atoms. The zero-order valence-electron chi connectivity index (χ0n) is 10.0. The van der Waals surface area contributed by atoms with Gasteiger partial charge in [-0.15, -0.1) is 0 Å². The highest BCUT2D eigenvalue weighted by Crippen LogP contribution is 2.32. The second kappa shape index (κ2) is 4.30. The molecule has 0 spiro atoms. The highest BCUT2D eigenvalue weighted by Gasteiger charge is 2.35. The number of nitrogens with two attached hydrogens (primary N) is 1. The van der Waals surface area contributed by atoms with Crippen LogP contribution in [0.4, 0.5) is 5.82 Å². The molecule has 5 N–H and O–H groups in total. The van der Waals surface area contributed by atoms with Crippen LogP contribution in [-0.4, -0.2) is 48.7 Å². The van der Waals surface area contributed by atoms with Gasteiger partial charge in [-0.2, -0.15) is 0 Å². The summed E-state index contributed by atoms with van der Waals surface area (Å²) in [5.41, 5.74) is 7.41. The van der Waals surface area contributed by atoms with Crippen LogP contribution < -0.4 is 5.73 Å². The summed E-state index contributed by atoms with van der Waals surface area (Å²) >= 11 is 0. The Morgan fingerprint density at radius 1 is 1.32 bits per heavy atom. The minimum absolute atomic E-state index is 0.287. The van der Waals surface area contributed by atoms with Gasteiger partial charge in [0.2, 0.25) is 0 Å². The van der Waals surface area contributed by atoms with Gasteiger partial charge < -0.3 is 25.6 Å². The predicted octanol–water partition coefficient (Wildman–Crippen LogP) is -0.791. The number of hydrogen-bond acceptors (Lipinski definition) is 6. The molecule has 3 unspecified atom stereocenters. The molecule has 0 radical (unpaired) electrons. The van der Waals surface area contributed by atoms with Crippen molar-refractivity contribution in [3.8, 4) is 0 Å². The first-order valence-corrected chi connectivity index (χ1v) is 5.88. The number of hydrogen-bond donors (Lipinski definition) is 4. The summed E-state index contributed by atoms with van der Waals surface area (Å²) < 4.78 is 1.71. The molecule has 1 aliphatic rings. The van der Waals surface area contributed by atoms with E-state index in [0.717, 1.165) is 5.52 Å². The summed E-state index contributed by atoms with van der Waals surface area (Å²) in [6.07, 6.45) is 2.66. The molecule has 2 aromatic heterocycles. The Bertz CT molecular complexity index is 651. The molecular formula is C12H14N4O3. The van der Waals surface area contributed by atoms with E-state index in [1.807, 2.05) is 0 Å². The fraction of sp³-hybridized carbons (Fsp3) is 0.333. The third-order valence-corrected chi connectivity index (χ3v) is 3.46. The van der Waals surface area contributed by atoms with Crippen LogP contribution in [0, 0.1) is 0 Å². The summed E-state index contributed by atoms with van der Waals surface area (Å²) in [6, 6.07) is 1.26. The van der Waals surface area contributed by atoms with Crippen LogP contribution in [0.1, 0.15) is 6.04 Å². The van der Waals surface area contributed by atoms with E-state index in [9.17, 15) is 10.2 Å². The van der Waals surface area contributed by atoms with Crippen molar-refractivity contribution in [2.45, 2.75) is 18.2 Å². The van der Waals surface area contributed by atoms with Crippen molar-refractivity contribution < 1.29 is 15.3 Å². The van der Waals surface area contributed by atoms with Gasteiger partial charge >= 0.3 is 0 Å². The zero-order valence-corrected chi connectivity index (χ0v) is 10.0. The van der Waals surface area contributed by atoms with Gasteiger partial charge in [0.1, 0.15) is 17.7 Å². The van der Waals surface area contributed by atoms with Crippen molar-refractivity contribution >= 4 is 16.9 Å². The average molecular weight is 262 g/mol. The number of aliphatic hydroxyl groups is 3. The summed E-state index contributed by atoms with van der Waals surface area (Å²) in [5, 5.41) is 29.0. The minimum atomic E-state index is -1.06. The van der Waals surface area contributed by atoms with Crippen molar-refractivity contribution in [3.63, 3.8) is 0 Å². The monoisotopic (exact) mass is 262 g/mol. The maximum atomic E-state index is 10.1. The lowest BCUT2D eigenvalue weighted by atomic mass is 10.1. The molecule has 0 aromatic carbocycles. The second-order valence-corrected chi connectivity index (χ2v) is 4.54. The quantitative estimate of drug-likeness (QED) is 0.527. The first-order chi connectivity index (χ1) is 9.13. The molecule has 0 amide bonds. The SMILES string of the molecule is Nc1nccc2c1ncn2C1C=C(CO)C(O)C1O. The van der Waals surface area contributed by atoms with Gasteiger partial charge in [0.05, 0.1) is 24.5 Å². The number of imidazole rings is 1. The van der Waals surface area contributed by atoms with E-state index in [-0.39, 0.29) is 6.61 Å². The van der Waals surface area contributed by atoms with Crippen LogP contribution in [-0.2, 0) is 0 Å². The van der Waals surface area contributed by atoms with Crippen molar-refractivity contribution in [1.82, 2.24) is 14.5 Å². The smallest absolute Gasteiger partial charge is 0.151 e. The molecular weight excluding hydrogens is 248 g/mol. The van der Waals surface area contributed by atoms with E-state index < -0.39 is 18.2 Å². The van der Waals surface area contributed by atoms with Crippen LogP contribution in [0.3, 0.4) is 0 Å². The highest BCUT2D eigenvalue weighted by molar-refractivity contribution is 5.84. The Morgan fingerprint density at radius 2 is 2.11 bits per heavy atom. The van der Waals surface area contributed by atoms with Gasteiger partial charge in [-0.05, 0) is 11.6 Å². The van der Waals surface area contributed by atoms with Gasteiger partial charge in [0.15, 0.2) is 5.82 Å². The normalized spacial score (nSPS) is 26.9. The van der Waals surface area contributed by atoms with E-state index in [1.165, 1.54) is 0 Å². The third kappa shape index (κ3) is 1.71. The van der Waals surface area contributed by atoms with E-state index >= 15 is 0 Å². The molecule has 0 aliphatic heterocycles. The van der Waals surface area contributed by atoms with Crippen LogP contribution in [0.2, 0.25) is 0 Å². The van der Waals surface area contributed by atoms with Crippen LogP contribution in [0.25, 0.3) is 11.0 Å². The lowest BCUT2D eigenvalue weighted by Crippen LogP contribution is -2.29. The van der Waals surface area contributed by atoms with Crippen LogP contribution in [0.15, 0.2) is 30.2 Å². The number of nitrogen functional groups attached to an aromatic ring is 1. The summed E-state index contributed by atoms with van der Waals surface area (Å²) in [4.78, 5) is 8.11. The van der Waals surface area contributed by atoms with Gasteiger partial charge in [-0.1, -0.05) is 6.08 Å². The highest BCUT2D eigenvalue weighted by atomic mass is 16.3. The molecule has 0 saturated carbocycles. The van der Waals surface area contributed by atoms with Crippen LogP contribution in [0.5, 0.6) is 0 Å². The maximum absolute atomic E-state index is 10.1. The van der Waals surface area contributed by atoms with Gasteiger partial charge in [-0.25, -0.2) is 9.97 Å². The van der Waals surface area contributed by atoms with E-state index in [0.29, 0.717) is 16.9 Å². The molecule has 2 heterocycles. The number of fused-ring (bicyclic) bond motifs is 1. The lowest BCUT2D eigenvalue weighted by molar-refractivity contribution is 0.0288. The Labute approximate surface area is 108 Å². The molecule has 7 heteroatoms.